The van der Waals surface area contributed by atoms with Gasteiger partial charge in [0.15, 0.2) is 0 Å². The molecule has 0 atom stereocenters. The molecule has 0 bridgehead atoms. The number of rotatable bonds is 6. The second-order valence-corrected chi connectivity index (χ2v) is 6.90. The number of hydrogen-bond donors (Lipinski definition) is 0. The quantitative estimate of drug-likeness (QED) is 0.727. The van der Waals surface area contributed by atoms with E-state index in [1.54, 1.807) is 21.3 Å². The van der Waals surface area contributed by atoms with E-state index in [0.717, 1.165) is 18.0 Å². The van der Waals surface area contributed by atoms with Gasteiger partial charge in [-0.2, -0.15) is 0 Å². The third kappa shape index (κ3) is 2.77. The predicted octanol–water partition coefficient (Wildman–Crippen LogP) is 2.03. The van der Waals surface area contributed by atoms with Crippen LogP contribution in [0.4, 0.5) is 0 Å². The predicted molar refractivity (Wildman–Crippen MR) is 71.6 cm³/mol. The van der Waals surface area contributed by atoms with E-state index in [4.69, 9.17) is 13.3 Å². The molecule has 0 radical (unpaired) electrons. The van der Waals surface area contributed by atoms with E-state index in [1.807, 2.05) is 6.07 Å². The van der Waals surface area contributed by atoms with Crippen molar-refractivity contribution >= 4 is 14.0 Å². The molecule has 0 saturated carbocycles. The van der Waals surface area contributed by atoms with Gasteiger partial charge >= 0.3 is 8.80 Å². The van der Waals surface area contributed by atoms with Crippen molar-refractivity contribution < 1.29 is 13.3 Å². The lowest BCUT2D eigenvalue weighted by atomic mass is 10.0. The summed E-state index contributed by atoms with van der Waals surface area (Å²) in [4.78, 5) is 0. The molecule has 1 rings (SSSR count). The molecule has 0 unspecified atom stereocenters. The highest BCUT2D eigenvalue weighted by Gasteiger charge is 2.42. The Hall–Kier alpha value is -0.683. The summed E-state index contributed by atoms with van der Waals surface area (Å²) in [5, 5.41) is 1.09. The van der Waals surface area contributed by atoms with Gasteiger partial charge < -0.3 is 13.3 Å². The Morgan fingerprint density at radius 2 is 1.65 bits per heavy atom. The van der Waals surface area contributed by atoms with Crippen LogP contribution in [0.3, 0.4) is 0 Å². The summed E-state index contributed by atoms with van der Waals surface area (Å²) in [5.41, 5.74) is 2.57. The van der Waals surface area contributed by atoms with Gasteiger partial charge in [0.25, 0.3) is 0 Å². The lowest BCUT2D eigenvalue weighted by Gasteiger charge is -2.27. The largest absolute Gasteiger partial charge is 0.536 e. The fourth-order valence-electron chi connectivity index (χ4n) is 2.15. The Labute approximate surface area is 105 Å². The van der Waals surface area contributed by atoms with Crippen molar-refractivity contribution in [3.8, 4) is 0 Å². The van der Waals surface area contributed by atoms with Gasteiger partial charge in [0.05, 0.1) is 0 Å². The van der Waals surface area contributed by atoms with Crippen LogP contribution in [-0.2, 0) is 19.7 Å². The first-order valence-electron chi connectivity index (χ1n) is 5.89. The standard InChI is InChI=1S/C13H22O3Si/c1-6-8-12-11(2)9-7-10-13(12)17(14-3,15-4)16-5/h7,9-10H,6,8H2,1-5H3. The smallest absolute Gasteiger partial charge is 0.373 e. The third-order valence-corrected chi connectivity index (χ3v) is 5.79. The Bertz CT molecular complexity index is 353. The lowest BCUT2D eigenvalue weighted by Crippen LogP contribution is -2.56. The fourth-order valence-corrected chi connectivity index (χ4v) is 4.30. The minimum Gasteiger partial charge on any atom is -0.373 e. The van der Waals surface area contributed by atoms with Crippen molar-refractivity contribution in [2.45, 2.75) is 26.7 Å². The van der Waals surface area contributed by atoms with Crippen LogP contribution in [0.2, 0.25) is 0 Å². The molecule has 0 fully saturated rings. The average molecular weight is 254 g/mol. The van der Waals surface area contributed by atoms with Gasteiger partial charge in [0, 0.05) is 26.5 Å². The van der Waals surface area contributed by atoms with E-state index in [2.05, 4.69) is 26.0 Å². The molecule has 0 N–H and O–H groups in total. The summed E-state index contributed by atoms with van der Waals surface area (Å²) < 4.78 is 16.7. The molecule has 4 heteroatoms. The van der Waals surface area contributed by atoms with Crippen LogP contribution in [0, 0.1) is 6.92 Å². The van der Waals surface area contributed by atoms with E-state index >= 15 is 0 Å². The van der Waals surface area contributed by atoms with Crippen LogP contribution in [0.5, 0.6) is 0 Å². The van der Waals surface area contributed by atoms with Gasteiger partial charge in [-0.1, -0.05) is 31.5 Å². The van der Waals surface area contributed by atoms with Gasteiger partial charge in [0.1, 0.15) is 0 Å². The van der Waals surface area contributed by atoms with Crippen LogP contribution in [0.1, 0.15) is 24.5 Å². The summed E-state index contributed by atoms with van der Waals surface area (Å²) in [6.07, 6.45) is 2.12. The van der Waals surface area contributed by atoms with Crippen molar-refractivity contribution in [2.75, 3.05) is 21.3 Å². The topological polar surface area (TPSA) is 27.7 Å². The number of hydrogen-bond acceptors (Lipinski definition) is 3. The highest BCUT2D eigenvalue weighted by Crippen LogP contribution is 2.15. The van der Waals surface area contributed by atoms with Crippen molar-refractivity contribution in [1.82, 2.24) is 0 Å². The lowest BCUT2D eigenvalue weighted by molar-refractivity contribution is 0.140. The number of benzene rings is 1. The molecular weight excluding hydrogens is 232 g/mol. The fraction of sp³-hybridized carbons (Fsp3) is 0.538. The maximum absolute atomic E-state index is 5.56. The van der Waals surface area contributed by atoms with E-state index in [0.29, 0.717) is 0 Å². The van der Waals surface area contributed by atoms with Crippen molar-refractivity contribution in [3.05, 3.63) is 29.3 Å². The second-order valence-electron chi connectivity index (χ2n) is 4.02. The van der Waals surface area contributed by atoms with Crippen LogP contribution >= 0.6 is 0 Å². The highest BCUT2D eigenvalue weighted by molar-refractivity contribution is 6.75. The molecule has 0 spiro atoms. The summed E-state index contributed by atoms with van der Waals surface area (Å²) >= 11 is 0. The van der Waals surface area contributed by atoms with Crippen LogP contribution in [-0.4, -0.2) is 30.1 Å². The third-order valence-electron chi connectivity index (χ3n) is 3.05. The SMILES string of the molecule is CCCc1c(C)cccc1[Si](OC)(OC)OC. The highest BCUT2D eigenvalue weighted by atomic mass is 28.4. The first-order valence-corrected chi connectivity index (χ1v) is 7.62. The van der Waals surface area contributed by atoms with Gasteiger partial charge in [-0.15, -0.1) is 0 Å². The van der Waals surface area contributed by atoms with Gasteiger partial charge in [-0.05, 0) is 24.5 Å². The minimum absolute atomic E-state index is 1.02. The normalized spacial score (nSPS) is 11.8. The molecule has 96 valence electrons. The Balaban J connectivity index is 3.32. The van der Waals surface area contributed by atoms with E-state index in [-0.39, 0.29) is 0 Å². The minimum atomic E-state index is -2.71. The summed E-state index contributed by atoms with van der Waals surface area (Å²) in [6.45, 7) is 4.29. The van der Waals surface area contributed by atoms with Crippen LogP contribution < -0.4 is 5.19 Å². The zero-order chi connectivity index (χ0) is 12.9. The van der Waals surface area contributed by atoms with Gasteiger partial charge in [-0.25, -0.2) is 0 Å². The first-order chi connectivity index (χ1) is 8.15. The molecule has 1 aromatic carbocycles. The molecular formula is C13H22O3Si. The maximum Gasteiger partial charge on any atom is 0.536 e. The average Bonchev–Trinajstić information content (AvgIpc) is 2.36. The Kier molecular flexibility index (Phi) is 5.33. The summed E-state index contributed by atoms with van der Waals surface area (Å²) in [6, 6.07) is 6.21. The molecule has 3 nitrogen and oxygen atoms in total. The van der Waals surface area contributed by atoms with Crippen LogP contribution in [0.15, 0.2) is 18.2 Å². The van der Waals surface area contributed by atoms with Crippen molar-refractivity contribution in [2.24, 2.45) is 0 Å². The van der Waals surface area contributed by atoms with Crippen LogP contribution in [0.25, 0.3) is 0 Å². The molecule has 1 aromatic rings. The molecule has 0 amide bonds. The van der Waals surface area contributed by atoms with E-state index < -0.39 is 8.80 Å². The molecule has 0 aliphatic rings. The monoisotopic (exact) mass is 254 g/mol. The van der Waals surface area contributed by atoms with Gasteiger partial charge in [0.2, 0.25) is 0 Å². The number of aryl methyl sites for hydroxylation is 1. The molecule has 0 heterocycles. The Morgan fingerprint density at radius 1 is 1.06 bits per heavy atom. The molecule has 0 aliphatic carbocycles. The van der Waals surface area contributed by atoms with E-state index in [1.165, 1.54) is 11.1 Å². The molecule has 0 aromatic heterocycles. The van der Waals surface area contributed by atoms with Crippen molar-refractivity contribution in [1.29, 1.82) is 0 Å². The summed E-state index contributed by atoms with van der Waals surface area (Å²) in [5.74, 6) is 0. The first kappa shape index (κ1) is 14.4. The molecule has 17 heavy (non-hydrogen) atoms. The van der Waals surface area contributed by atoms with Gasteiger partial charge in [-0.3, -0.25) is 0 Å². The molecule has 0 saturated heterocycles. The Morgan fingerprint density at radius 3 is 2.12 bits per heavy atom. The maximum atomic E-state index is 5.56. The summed E-state index contributed by atoms with van der Waals surface area (Å²) in [7, 11) is 2.24. The van der Waals surface area contributed by atoms with E-state index in [9.17, 15) is 0 Å². The zero-order valence-corrected chi connectivity index (χ0v) is 12.4. The molecule has 0 aliphatic heterocycles. The second kappa shape index (κ2) is 6.30. The zero-order valence-electron chi connectivity index (χ0n) is 11.4. The van der Waals surface area contributed by atoms with Crippen molar-refractivity contribution in [3.63, 3.8) is 0 Å².